The monoisotopic (exact) mass is 251 g/mol. The first-order chi connectivity index (χ1) is 8.49. The van der Waals surface area contributed by atoms with Crippen molar-refractivity contribution in [2.75, 3.05) is 13.2 Å². The maximum absolute atomic E-state index is 5.96. The van der Waals surface area contributed by atoms with E-state index in [0.717, 1.165) is 25.5 Å². The maximum atomic E-state index is 5.96. The average Bonchev–Trinajstić information content (AvgIpc) is 2.25. The molecular formula is C16H29NO. The molecule has 1 N–H and O–H groups in total. The minimum absolute atomic E-state index is 0.239. The van der Waals surface area contributed by atoms with Crippen molar-refractivity contribution in [1.82, 2.24) is 5.32 Å². The molecule has 2 aliphatic rings. The number of hydrogen-bond donors (Lipinski definition) is 1. The summed E-state index contributed by atoms with van der Waals surface area (Å²) in [5.74, 6) is 0.758. The minimum atomic E-state index is 0.239. The third-order valence-corrected chi connectivity index (χ3v) is 4.17. The summed E-state index contributed by atoms with van der Waals surface area (Å²) in [4.78, 5) is 0. The first-order valence-corrected chi connectivity index (χ1v) is 7.55. The molecule has 0 radical (unpaired) electrons. The van der Waals surface area contributed by atoms with Gasteiger partial charge in [-0.3, -0.25) is 0 Å². The summed E-state index contributed by atoms with van der Waals surface area (Å²) >= 11 is 0. The molecule has 2 nitrogen and oxygen atoms in total. The van der Waals surface area contributed by atoms with Gasteiger partial charge in [-0.05, 0) is 71.8 Å². The zero-order valence-corrected chi connectivity index (χ0v) is 12.3. The Balaban J connectivity index is 1.66. The van der Waals surface area contributed by atoms with Crippen LogP contribution in [0.25, 0.3) is 0 Å². The SMILES string of the molecule is CC(C)(C)NCCC=CC1CCOC2(CCC2)C1. The van der Waals surface area contributed by atoms with Crippen LogP contribution in [0.2, 0.25) is 0 Å². The van der Waals surface area contributed by atoms with Crippen LogP contribution in [0.3, 0.4) is 0 Å². The van der Waals surface area contributed by atoms with Crippen molar-refractivity contribution in [1.29, 1.82) is 0 Å². The van der Waals surface area contributed by atoms with E-state index in [4.69, 9.17) is 4.74 Å². The number of ether oxygens (including phenoxy) is 1. The Morgan fingerprint density at radius 1 is 1.33 bits per heavy atom. The van der Waals surface area contributed by atoms with E-state index in [9.17, 15) is 0 Å². The molecule has 2 fully saturated rings. The van der Waals surface area contributed by atoms with Gasteiger partial charge in [-0.2, -0.15) is 0 Å². The molecule has 1 saturated heterocycles. The molecule has 2 rings (SSSR count). The largest absolute Gasteiger partial charge is 0.375 e. The molecule has 104 valence electrons. The summed E-state index contributed by atoms with van der Waals surface area (Å²) in [5, 5.41) is 3.52. The molecule has 1 saturated carbocycles. The van der Waals surface area contributed by atoms with E-state index < -0.39 is 0 Å². The number of nitrogens with one attached hydrogen (secondary N) is 1. The van der Waals surface area contributed by atoms with Crippen LogP contribution >= 0.6 is 0 Å². The van der Waals surface area contributed by atoms with E-state index in [1.807, 2.05) is 0 Å². The van der Waals surface area contributed by atoms with Crippen molar-refractivity contribution in [2.24, 2.45) is 5.92 Å². The molecular weight excluding hydrogens is 222 g/mol. The molecule has 1 aliphatic carbocycles. The molecule has 1 unspecified atom stereocenters. The molecule has 1 aliphatic heterocycles. The molecule has 1 heterocycles. The fourth-order valence-corrected chi connectivity index (χ4v) is 2.97. The molecule has 0 amide bonds. The first-order valence-electron chi connectivity index (χ1n) is 7.55. The van der Waals surface area contributed by atoms with Crippen LogP contribution < -0.4 is 5.32 Å². The summed E-state index contributed by atoms with van der Waals surface area (Å²) in [7, 11) is 0. The van der Waals surface area contributed by atoms with Crippen molar-refractivity contribution < 1.29 is 4.74 Å². The Morgan fingerprint density at radius 3 is 2.72 bits per heavy atom. The summed E-state index contributed by atoms with van der Waals surface area (Å²) in [6.45, 7) is 8.70. The second kappa shape index (κ2) is 5.75. The van der Waals surface area contributed by atoms with Crippen LogP contribution in [0.5, 0.6) is 0 Å². The quantitative estimate of drug-likeness (QED) is 0.608. The van der Waals surface area contributed by atoms with Gasteiger partial charge in [-0.25, -0.2) is 0 Å². The predicted octanol–water partition coefficient (Wildman–Crippen LogP) is 3.67. The van der Waals surface area contributed by atoms with Crippen LogP contribution in [-0.2, 0) is 4.74 Å². The zero-order chi connectivity index (χ0) is 13.1. The van der Waals surface area contributed by atoms with Gasteiger partial charge < -0.3 is 10.1 Å². The van der Waals surface area contributed by atoms with E-state index in [-0.39, 0.29) is 11.1 Å². The lowest BCUT2D eigenvalue weighted by molar-refractivity contribution is -0.137. The predicted molar refractivity (Wildman–Crippen MR) is 76.8 cm³/mol. The second-order valence-corrected chi connectivity index (χ2v) is 7.03. The Kier molecular flexibility index (Phi) is 4.50. The standard InChI is InChI=1S/C16H29NO/c1-15(2,3)17-11-5-4-7-14-8-12-18-16(13-14)9-6-10-16/h4,7,14,17H,5-6,8-13H2,1-3H3. The molecule has 0 aromatic rings. The van der Waals surface area contributed by atoms with E-state index >= 15 is 0 Å². The highest BCUT2D eigenvalue weighted by Crippen LogP contribution is 2.44. The Labute approximate surface area is 112 Å². The highest BCUT2D eigenvalue weighted by Gasteiger charge is 2.41. The van der Waals surface area contributed by atoms with Crippen LogP contribution in [-0.4, -0.2) is 24.3 Å². The van der Waals surface area contributed by atoms with Gasteiger partial charge in [-0.15, -0.1) is 0 Å². The molecule has 0 aromatic carbocycles. The van der Waals surface area contributed by atoms with E-state index in [0.29, 0.717) is 0 Å². The first kappa shape index (κ1) is 14.1. The second-order valence-electron chi connectivity index (χ2n) is 7.03. The van der Waals surface area contributed by atoms with Gasteiger partial charge in [0.25, 0.3) is 0 Å². The van der Waals surface area contributed by atoms with Crippen molar-refractivity contribution in [3.8, 4) is 0 Å². The van der Waals surface area contributed by atoms with Gasteiger partial charge in [0.1, 0.15) is 0 Å². The van der Waals surface area contributed by atoms with Gasteiger partial charge in [0.05, 0.1) is 5.60 Å². The van der Waals surface area contributed by atoms with Gasteiger partial charge in [0.2, 0.25) is 0 Å². The Morgan fingerprint density at radius 2 is 2.11 bits per heavy atom. The number of hydrogen-bond acceptors (Lipinski definition) is 2. The van der Waals surface area contributed by atoms with Crippen LogP contribution in [0, 0.1) is 5.92 Å². The lowest BCUT2D eigenvalue weighted by Crippen LogP contribution is -2.45. The summed E-state index contributed by atoms with van der Waals surface area (Å²) < 4.78 is 5.96. The van der Waals surface area contributed by atoms with E-state index in [1.54, 1.807) is 0 Å². The molecule has 18 heavy (non-hydrogen) atoms. The fraction of sp³-hybridized carbons (Fsp3) is 0.875. The summed E-state index contributed by atoms with van der Waals surface area (Å²) in [6, 6.07) is 0. The lowest BCUT2D eigenvalue weighted by Gasteiger charge is -2.46. The molecule has 0 bridgehead atoms. The Hall–Kier alpha value is -0.340. The van der Waals surface area contributed by atoms with Crippen molar-refractivity contribution >= 4 is 0 Å². The summed E-state index contributed by atoms with van der Waals surface area (Å²) in [6.07, 6.45) is 12.4. The van der Waals surface area contributed by atoms with Gasteiger partial charge >= 0.3 is 0 Å². The topological polar surface area (TPSA) is 21.3 Å². The molecule has 1 spiro atoms. The van der Waals surface area contributed by atoms with Gasteiger partial charge in [-0.1, -0.05) is 12.2 Å². The van der Waals surface area contributed by atoms with Crippen molar-refractivity contribution in [3.63, 3.8) is 0 Å². The minimum Gasteiger partial charge on any atom is -0.375 e. The van der Waals surface area contributed by atoms with Gasteiger partial charge in [0.15, 0.2) is 0 Å². The molecule has 0 aromatic heterocycles. The van der Waals surface area contributed by atoms with Gasteiger partial charge in [0, 0.05) is 12.1 Å². The highest BCUT2D eigenvalue weighted by molar-refractivity contribution is 5.00. The number of allylic oxidation sites excluding steroid dienone is 1. The van der Waals surface area contributed by atoms with Crippen molar-refractivity contribution in [2.45, 2.75) is 70.4 Å². The van der Waals surface area contributed by atoms with E-state index in [1.165, 1.54) is 32.1 Å². The number of rotatable bonds is 4. The normalized spacial score (nSPS) is 27.6. The van der Waals surface area contributed by atoms with E-state index in [2.05, 4.69) is 38.2 Å². The summed E-state index contributed by atoms with van der Waals surface area (Å²) in [5.41, 5.74) is 0.527. The third-order valence-electron chi connectivity index (χ3n) is 4.17. The van der Waals surface area contributed by atoms with Crippen LogP contribution in [0.15, 0.2) is 12.2 Å². The third kappa shape index (κ3) is 4.10. The fourth-order valence-electron chi connectivity index (χ4n) is 2.97. The lowest BCUT2D eigenvalue weighted by atomic mass is 9.72. The average molecular weight is 251 g/mol. The van der Waals surface area contributed by atoms with Crippen LogP contribution in [0.4, 0.5) is 0 Å². The Bertz CT molecular complexity index is 286. The smallest absolute Gasteiger partial charge is 0.0688 e. The van der Waals surface area contributed by atoms with Crippen molar-refractivity contribution in [3.05, 3.63) is 12.2 Å². The zero-order valence-electron chi connectivity index (χ0n) is 12.3. The molecule has 1 atom stereocenters. The maximum Gasteiger partial charge on any atom is 0.0688 e. The molecule has 2 heteroatoms. The van der Waals surface area contributed by atoms with Crippen LogP contribution in [0.1, 0.15) is 59.3 Å². The highest BCUT2D eigenvalue weighted by atomic mass is 16.5.